The molecule has 0 amide bonds. The maximum Gasteiger partial charge on any atom is 0.126 e. The minimum Gasteiger partial charge on any atom is -0.344 e. The Kier molecular flexibility index (Phi) is 8.72. The molecule has 0 saturated heterocycles. The van der Waals surface area contributed by atoms with Gasteiger partial charge in [-0.15, -0.1) is 0 Å². The Bertz CT molecular complexity index is 2930. The van der Waals surface area contributed by atoms with Crippen molar-refractivity contribution in [1.29, 1.82) is 0 Å². The SMILES string of the molecule is C=NC(NC(NC)c1ccccc1)c1ccccc1.Cn1c2cc3ccccc3cc2c2cc3c4c5ccccc5ccc4n(-c4ccccc4)c3cc21. The third-order valence-electron chi connectivity index (χ3n) is 10.7. The van der Waals surface area contributed by atoms with Gasteiger partial charge in [-0.1, -0.05) is 133 Å². The summed E-state index contributed by atoms with van der Waals surface area (Å²) in [5.74, 6) is 0. The molecule has 0 bridgehead atoms. The van der Waals surface area contributed by atoms with E-state index < -0.39 is 0 Å². The van der Waals surface area contributed by atoms with Gasteiger partial charge in [0, 0.05) is 39.8 Å². The first-order valence-corrected chi connectivity index (χ1v) is 18.4. The van der Waals surface area contributed by atoms with Gasteiger partial charge in [0.15, 0.2) is 0 Å². The Labute approximate surface area is 314 Å². The third-order valence-corrected chi connectivity index (χ3v) is 10.7. The van der Waals surface area contributed by atoms with Crippen molar-refractivity contribution >= 4 is 71.9 Å². The van der Waals surface area contributed by atoms with Crippen molar-refractivity contribution in [3.05, 3.63) is 187 Å². The van der Waals surface area contributed by atoms with E-state index in [-0.39, 0.29) is 12.3 Å². The number of hydrogen-bond donors (Lipinski definition) is 2. The van der Waals surface area contributed by atoms with Gasteiger partial charge >= 0.3 is 0 Å². The van der Waals surface area contributed by atoms with Crippen LogP contribution in [0.2, 0.25) is 0 Å². The van der Waals surface area contributed by atoms with Crippen LogP contribution >= 0.6 is 0 Å². The van der Waals surface area contributed by atoms with Gasteiger partial charge in [-0.25, -0.2) is 0 Å². The third kappa shape index (κ3) is 5.80. The zero-order valence-electron chi connectivity index (χ0n) is 30.4. The quantitative estimate of drug-likeness (QED) is 0.128. The van der Waals surface area contributed by atoms with Crippen LogP contribution in [-0.4, -0.2) is 22.9 Å². The Balaban J connectivity index is 0.000000172. The van der Waals surface area contributed by atoms with Crippen LogP contribution in [0, 0.1) is 0 Å². The molecule has 0 radical (unpaired) electrons. The lowest BCUT2D eigenvalue weighted by molar-refractivity contribution is 0.414. The van der Waals surface area contributed by atoms with Gasteiger partial charge in [-0.05, 0) is 88.9 Å². The van der Waals surface area contributed by atoms with Gasteiger partial charge in [0.05, 0.1) is 22.7 Å². The summed E-state index contributed by atoms with van der Waals surface area (Å²) in [4.78, 5) is 4.17. The minimum atomic E-state index is -0.126. The van der Waals surface area contributed by atoms with E-state index in [1.54, 1.807) is 0 Å². The summed E-state index contributed by atoms with van der Waals surface area (Å²) in [5, 5.41) is 17.1. The highest BCUT2D eigenvalue weighted by Crippen LogP contribution is 2.41. The predicted octanol–water partition coefficient (Wildman–Crippen LogP) is 11.6. The maximum atomic E-state index is 4.17. The zero-order valence-corrected chi connectivity index (χ0v) is 30.4. The van der Waals surface area contributed by atoms with E-state index in [0.717, 1.165) is 5.56 Å². The first-order valence-electron chi connectivity index (χ1n) is 18.4. The Morgan fingerprint density at radius 1 is 0.500 bits per heavy atom. The number of aliphatic imine (C=N–C) groups is 1. The van der Waals surface area contributed by atoms with Gasteiger partial charge in [-0.2, -0.15) is 0 Å². The van der Waals surface area contributed by atoms with E-state index in [9.17, 15) is 0 Å². The van der Waals surface area contributed by atoms with Gasteiger partial charge in [0.25, 0.3) is 0 Å². The second kappa shape index (κ2) is 14.1. The number of fused-ring (bicyclic) bond motifs is 9. The second-order valence-electron chi connectivity index (χ2n) is 13.8. The van der Waals surface area contributed by atoms with E-state index in [1.807, 2.05) is 55.6 Å². The fraction of sp³-hybridized carbons (Fsp3) is 0.0816. The largest absolute Gasteiger partial charge is 0.344 e. The topological polar surface area (TPSA) is 46.3 Å². The number of para-hydroxylation sites is 1. The molecule has 0 fully saturated rings. The van der Waals surface area contributed by atoms with E-state index >= 15 is 0 Å². The molecule has 8 aromatic carbocycles. The molecule has 5 nitrogen and oxygen atoms in total. The summed E-state index contributed by atoms with van der Waals surface area (Å²) >= 11 is 0. The molecule has 0 aliphatic heterocycles. The molecule has 0 saturated carbocycles. The highest BCUT2D eigenvalue weighted by atomic mass is 15.2. The van der Waals surface area contributed by atoms with E-state index in [0.29, 0.717) is 0 Å². The van der Waals surface area contributed by atoms with Crippen LogP contribution in [0.15, 0.2) is 181 Å². The Morgan fingerprint density at radius 2 is 1.07 bits per heavy atom. The van der Waals surface area contributed by atoms with Crippen molar-refractivity contribution in [2.24, 2.45) is 12.0 Å². The zero-order chi connectivity index (χ0) is 36.6. The molecular weight excluding hydrogens is 659 g/mol. The molecule has 0 aliphatic carbocycles. The summed E-state index contributed by atoms with van der Waals surface area (Å²) in [6, 6.07) is 62.5. The minimum absolute atomic E-state index is 0.0388. The first kappa shape index (κ1) is 33.3. The van der Waals surface area contributed by atoms with Crippen LogP contribution in [0.4, 0.5) is 0 Å². The number of hydrogen-bond acceptors (Lipinski definition) is 3. The van der Waals surface area contributed by atoms with Gasteiger partial charge in [-0.3, -0.25) is 10.3 Å². The number of aryl methyl sites for hydroxylation is 1. The number of nitrogens with one attached hydrogen (secondary N) is 2. The van der Waals surface area contributed by atoms with Crippen molar-refractivity contribution in [3.63, 3.8) is 0 Å². The van der Waals surface area contributed by atoms with Crippen molar-refractivity contribution in [2.45, 2.75) is 12.3 Å². The Hall–Kier alpha value is -6.53. The monoisotopic (exact) mass is 699 g/mol. The lowest BCUT2D eigenvalue weighted by Gasteiger charge is -2.23. The molecule has 2 N–H and O–H groups in total. The molecule has 0 spiro atoms. The van der Waals surface area contributed by atoms with Crippen LogP contribution in [-0.2, 0) is 7.05 Å². The van der Waals surface area contributed by atoms with Crippen molar-refractivity contribution < 1.29 is 0 Å². The molecule has 0 aliphatic rings. The maximum absolute atomic E-state index is 4.17. The highest BCUT2D eigenvalue weighted by Gasteiger charge is 2.19. The fourth-order valence-electron chi connectivity index (χ4n) is 8.06. The number of aromatic nitrogens is 2. The standard InChI is InChI=1S/C33H22N2.C16H19N3/c1-34-30-18-23-11-6-5-10-22(23)17-26(30)27-19-28-32(20-31(27)34)35(24-12-3-2-4-13-24)29-16-15-21-9-7-8-14-25(21)33(28)29;1-17-15(13-9-5-3-6-10-13)19-16(18-2)14-11-7-4-8-12-14/h2-20H,1H3;3-12,15-16,18-19H,1H2,2H3. The van der Waals surface area contributed by atoms with Crippen molar-refractivity contribution in [2.75, 3.05) is 7.05 Å². The van der Waals surface area contributed by atoms with Gasteiger partial charge < -0.3 is 14.5 Å². The Morgan fingerprint density at radius 3 is 1.76 bits per heavy atom. The van der Waals surface area contributed by atoms with E-state index in [2.05, 4.69) is 166 Å². The molecule has 2 heterocycles. The first-order chi connectivity index (χ1) is 26.6. The van der Waals surface area contributed by atoms with Crippen molar-refractivity contribution in [3.8, 4) is 5.69 Å². The number of rotatable bonds is 7. The molecule has 10 aromatic rings. The summed E-state index contributed by atoms with van der Waals surface area (Å²) in [6.07, 6.45) is -0.0873. The van der Waals surface area contributed by atoms with Crippen LogP contribution in [0.25, 0.3) is 70.8 Å². The van der Waals surface area contributed by atoms with E-state index in [4.69, 9.17) is 0 Å². The van der Waals surface area contributed by atoms with Crippen molar-refractivity contribution in [1.82, 2.24) is 19.8 Å². The molecule has 262 valence electrons. The molecule has 54 heavy (non-hydrogen) atoms. The molecule has 2 atom stereocenters. The van der Waals surface area contributed by atoms with Gasteiger partial charge in [0.2, 0.25) is 0 Å². The normalized spacial score (nSPS) is 12.7. The summed E-state index contributed by atoms with van der Waals surface area (Å²) in [5.41, 5.74) is 8.48. The summed E-state index contributed by atoms with van der Waals surface area (Å²) < 4.78 is 4.77. The smallest absolute Gasteiger partial charge is 0.126 e. The average molecular weight is 700 g/mol. The molecule has 2 aromatic heterocycles. The average Bonchev–Trinajstić information content (AvgIpc) is 3.71. The van der Waals surface area contributed by atoms with Crippen LogP contribution in [0.1, 0.15) is 23.5 Å². The van der Waals surface area contributed by atoms with Crippen LogP contribution in [0.3, 0.4) is 0 Å². The summed E-state index contributed by atoms with van der Waals surface area (Å²) in [7, 11) is 4.12. The lowest BCUT2D eigenvalue weighted by atomic mass is 10.0. The highest BCUT2D eigenvalue weighted by molar-refractivity contribution is 6.25. The number of nitrogens with zero attached hydrogens (tertiary/aromatic N) is 3. The molecule has 10 rings (SSSR count). The van der Waals surface area contributed by atoms with Gasteiger partial charge in [0.1, 0.15) is 6.17 Å². The molecule has 5 heteroatoms. The number of benzene rings is 8. The lowest BCUT2D eigenvalue weighted by Crippen LogP contribution is -2.34. The van der Waals surface area contributed by atoms with Crippen LogP contribution < -0.4 is 10.6 Å². The predicted molar refractivity (Wildman–Crippen MR) is 230 cm³/mol. The van der Waals surface area contributed by atoms with E-state index in [1.165, 1.54) is 76.4 Å². The molecular formula is C49H41N5. The summed E-state index contributed by atoms with van der Waals surface area (Å²) in [6.45, 7) is 3.68. The second-order valence-corrected chi connectivity index (χ2v) is 13.8. The fourth-order valence-corrected chi connectivity index (χ4v) is 8.06. The molecule has 2 unspecified atom stereocenters. The van der Waals surface area contributed by atoms with Crippen LogP contribution in [0.5, 0.6) is 0 Å².